The first-order valence-electron chi connectivity index (χ1n) is 6.77. The lowest BCUT2D eigenvalue weighted by atomic mass is 10.1. The second-order valence-electron chi connectivity index (χ2n) is 4.85. The average Bonchev–Trinajstić information content (AvgIpc) is 2.51. The van der Waals surface area contributed by atoms with Gasteiger partial charge in [-0.15, -0.1) is 0 Å². The molecule has 0 radical (unpaired) electrons. The molecule has 1 aromatic carbocycles. The summed E-state index contributed by atoms with van der Waals surface area (Å²) in [6.45, 7) is 0.313. The molecular formula is C15H16Cl2N2O4. The molecule has 0 unspecified atom stereocenters. The van der Waals surface area contributed by atoms with Gasteiger partial charge >= 0.3 is 5.69 Å². The topological polar surface area (TPSA) is 73.3 Å². The van der Waals surface area contributed by atoms with E-state index >= 15 is 0 Å². The van der Waals surface area contributed by atoms with Crippen molar-refractivity contribution in [1.29, 1.82) is 0 Å². The van der Waals surface area contributed by atoms with Gasteiger partial charge in [-0.05, 0) is 6.07 Å². The van der Waals surface area contributed by atoms with E-state index in [1.165, 1.54) is 20.4 Å². The molecule has 2 aromatic rings. The van der Waals surface area contributed by atoms with Crippen molar-refractivity contribution in [3.8, 4) is 11.1 Å². The Morgan fingerprint density at radius 2 is 1.78 bits per heavy atom. The van der Waals surface area contributed by atoms with Gasteiger partial charge in [0.1, 0.15) is 0 Å². The number of aromatic nitrogens is 2. The van der Waals surface area contributed by atoms with Gasteiger partial charge in [0.2, 0.25) is 0 Å². The van der Waals surface area contributed by atoms with Crippen molar-refractivity contribution in [1.82, 2.24) is 9.55 Å². The number of ether oxygens (including phenoxy) is 2. The van der Waals surface area contributed by atoms with Crippen molar-refractivity contribution in [3.63, 3.8) is 0 Å². The van der Waals surface area contributed by atoms with Crippen LogP contribution in [0.3, 0.4) is 0 Å². The van der Waals surface area contributed by atoms with Gasteiger partial charge in [0.15, 0.2) is 0 Å². The minimum atomic E-state index is -0.556. The van der Waals surface area contributed by atoms with Crippen LogP contribution in [0.1, 0.15) is 6.04 Å². The zero-order chi connectivity index (χ0) is 17.0. The maximum atomic E-state index is 12.8. The molecule has 1 aromatic heterocycles. The molecule has 0 saturated heterocycles. The van der Waals surface area contributed by atoms with E-state index in [-0.39, 0.29) is 23.8 Å². The molecule has 8 heteroatoms. The van der Waals surface area contributed by atoms with Crippen LogP contribution in [-0.4, -0.2) is 37.0 Å². The molecular weight excluding hydrogens is 343 g/mol. The van der Waals surface area contributed by atoms with Crippen LogP contribution in [0.25, 0.3) is 11.1 Å². The molecule has 2 rings (SSSR count). The first-order valence-corrected chi connectivity index (χ1v) is 7.53. The van der Waals surface area contributed by atoms with Crippen molar-refractivity contribution in [2.45, 2.75) is 6.04 Å². The third-order valence-electron chi connectivity index (χ3n) is 3.33. The van der Waals surface area contributed by atoms with E-state index in [9.17, 15) is 9.59 Å². The molecule has 0 amide bonds. The van der Waals surface area contributed by atoms with Crippen molar-refractivity contribution >= 4 is 23.2 Å². The fourth-order valence-corrected chi connectivity index (χ4v) is 2.71. The van der Waals surface area contributed by atoms with Crippen molar-refractivity contribution in [2.75, 3.05) is 27.4 Å². The lowest BCUT2D eigenvalue weighted by molar-refractivity contribution is 0.0859. The van der Waals surface area contributed by atoms with Crippen LogP contribution in [0.2, 0.25) is 10.0 Å². The summed E-state index contributed by atoms with van der Waals surface area (Å²) in [5.41, 5.74) is -0.343. The van der Waals surface area contributed by atoms with Crippen LogP contribution in [-0.2, 0) is 9.47 Å². The summed E-state index contributed by atoms with van der Waals surface area (Å²) in [7, 11) is 2.97. The van der Waals surface area contributed by atoms with Crippen LogP contribution in [0.5, 0.6) is 0 Å². The maximum absolute atomic E-state index is 12.8. The van der Waals surface area contributed by atoms with Crippen LogP contribution in [0.15, 0.2) is 34.0 Å². The highest BCUT2D eigenvalue weighted by Crippen LogP contribution is 2.31. The van der Waals surface area contributed by atoms with Crippen molar-refractivity contribution in [2.24, 2.45) is 0 Å². The van der Waals surface area contributed by atoms with Crippen LogP contribution in [0, 0.1) is 0 Å². The fourth-order valence-electron chi connectivity index (χ4n) is 2.31. The number of H-pyrrole nitrogens is 1. The first-order chi connectivity index (χ1) is 11.0. The summed E-state index contributed by atoms with van der Waals surface area (Å²) < 4.78 is 11.2. The quantitative estimate of drug-likeness (QED) is 0.859. The van der Waals surface area contributed by atoms with Gasteiger partial charge in [-0.3, -0.25) is 9.36 Å². The summed E-state index contributed by atoms with van der Waals surface area (Å²) in [4.78, 5) is 27.4. The third-order valence-corrected chi connectivity index (χ3v) is 4.15. The number of nitrogens with one attached hydrogen (secondary N) is 1. The summed E-state index contributed by atoms with van der Waals surface area (Å²) in [5.74, 6) is 0. The van der Waals surface area contributed by atoms with E-state index in [4.69, 9.17) is 32.7 Å². The van der Waals surface area contributed by atoms with Crippen LogP contribution in [0.4, 0.5) is 0 Å². The van der Waals surface area contributed by atoms with Gasteiger partial charge in [-0.2, -0.15) is 0 Å². The molecule has 6 nitrogen and oxygen atoms in total. The molecule has 0 aliphatic carbocycles. The molecule has 0 atom stereocenters. The SMILES string of the molecule is COCC(COC)n1c(=O)[nH]cc(-c2cccc(Cl)c2Cl)c1=O. The summed E-state index contributed by atoms with van der Waals surface area (Å²) >= 11 is 12.2. The van der Waals surface area contributed by atoms with Gasteiger partial charge in [0.25, 0.3) is 5.56 Å². The zero-order valence-corrected chi connectivity index (χ0v) is 14.1. The number of aromatic amines is 1. The number of hydrogen-bond acceptors (Lipinski definition) is 4. The molecule has 23 heavy (non-hydrogen) atoms. The minimum absolute atomic E-state index is 0.156. The van der Waals surface area contributed by atoms with Crippen molar-refractivity contribution in [3.05, 3.63) is 55.3 Å². The Labute approximate surface area is 142 Å². The molecule has 124 valence electrons. The molecule has 0 spiro atoms. The molecule has 0 aliphatic rings. The monoisotopic (exact) mass is 358 g/mol. The summed E-state index contributed by atoms with van der Waals surface area (Å²) in [6.07, 6.45) is 1.33. The molecule has 1 N–H and O–H groups in total. The number of halogens is 2. The highest BCUT2D eigenvalue weighted by molar-refractivity contribution is 6.43. The lowest BCUT2D eigenvalue weighted by Crippen LogP contribution is -2.41. The van der Waals surface area contributed by atoms with Gasteiger partial charge in [-0.25, -0.2) is 4.79 Å². The number of methoxy groups -OCH3 is 2. The van der Waals surface area contributed by atoms with Gasteiger partial charge in [0, 0.05) is 26.0 Å². The third kappa shape index (κ3) is 3.67. The molecule has 0 fully saturated rings. The Morgan fingerprint density at radius 1 is 1.13 bits per heavy atom. The second kappa shape index (κ2) is 7.79. The molecule has 0 saturated carbocycles. The number of rotatable bonds is 6. The van der Waals surface area contributed by atoms with E-state index in [0.29, 0.717) is 10.6 Å². The van der Waals surface area contributed by atoms with Gasteiger partial charge in [0.05, 0.1) is 34.9 Å². The van der Waals surface area contributed by atoms with Crippen LogP contribution < -0.4 is 11.2 Å². The Kier molecular flexibility index (Phi) is 6.01. The number of benzene rings is 1. The molecule has 0 aliphatic heterocycles. The van der Waals surface area contributed by atoms with E-state index in [0.717, 1.165) is 4.57 Å². The summed E-state index contributed by atoms with van der Waals surface area (Å²) in [5, 5.41) is 0.576. The fraction of sp³-hybridized carbons (Fsp3) is 0.333. The predicted molar refractivity (Wildman–Crippen MR) is 89.6 cm³/mol. The van der Waals surface area contributed by atoms with Gasteiger partial charge < -0.3 is 14.5 Å². The largest absolute Gasteiger partial charge is 0.382 e. The van der Waals surface area contributed by atoms with Crippen molar-refractivity contribution < 1.29 is 9.47 Å². The standard InChI is InChI=1S/C15H16Cl2N2O4/c1-22-7-9(8-23-2)19-14(20)11(6-18-15(19)21)10-4-3-5-12(16)13(10)17/h3-6,9H,7-8H2,1-2H3,(H,18,21). The second-order valence-corrected chi connectivity index (χ2v) is 5.63. The smallest absolute Gasteiger partial charge is 0.328 e. The van der Waals surface area contributed by atoms with E-state index in [1.807, 2.05) is 0 Å². The minimum Gasteiger partial charge on any atom is -0.382 e. The van der Waals surface area contributed by atoms with E-state index in [1.54, 1.807) is 18.2 Å². The maximum Gasteiger partial charge on any atom is 0.328 e. The average molecular weight is 359 g/mol. The van der Waals surface area contributed by atoms with E-state index in [2.05, 4.69) is 4.98 Å². The molecule has 1 heterocycles. The molecule has 0 bridgehead atoms. The predicted octanol–water partition coefficient (Wildman–Crippen LogP) is 2.34. The zero-order valence-electron chi connectivity index (χ0n) is 12.6. The highest BCUT2D eigenvalue weighted by atomic mass is 35.5. The lowest BCUT2D eigenvalue weighted by Gasteiger charge is -2.18. The van der Waals surface area contributed by atoms with E-state index < -0.39 is 17.3 Å². The van der Waals surface area contributed by atoms with Gasteiger partial charge in [-0.1, -0.05) is 35.3 Å². The Morgan fingerprint density at radius 3 is 2.39 bits per heavy atom. The number of nitrogens with zero attached hydrogens (tertiary/aromatic N) is 1. The summed E-state index contributed by atoms with van der Waals surface area (Å²) in [6, 6.07) is 4.41. The first kappa shape index (κ1) is 17.7. The Hall–Kier alpha value is -1.60. The number of hydrogen-bond donors (Lipinski definition) is 1. The Balaban J connectivity index is 2.65. The Bertz CT molecular complexity index is 795. The highest BCUT2D eigenvalue weighted by Gasteiger charge is 2.19. The van der Waals surface area contributed by atoms with Crippen LogP contribution >= 0.6 is 23.2 Å². The normalized spacial score (nSPS) is 11.2.